The maximum Gasteiger partial charge on any atom is 0.275 e. The number of amides is 1. The van der Waals surface area contributed by atoms with Crippen molar-refractivity contribution in [2.45, 2.75) is 6.54 Å². The molecular weight excluding hydrogens is 383 g/mol. The highest BCUT2D eigenvalue weighted by Gasteiger charge is 2.25. The number of aromatic amines is 1. The average molecular weight is 401 g/mol. The first kappa shape index (κ1) is 18.6. The van der Waals surface area contributed by atoms with Crippen LogP contribution in [0.4, 0.5) is 4.39 Å². The average Bonchev–Trinajstić information content (AvgIpc) is 2.71. The Kier molecular flexibility index (Phi) is 5.11. The van der Waals surface area contributed by atoms with Crippen molar-refractivity contribution < 1.29 is 9.18 Å². The van der Waals surface area contributed by atoms with Crippen LogP contribution in [0, 0.1) is 5.82 Å². The van der Waals surface area contributed by atoms with Gasteiger partial charge >= 0.3 is 0 Å². The summed E-state index contributed by atoms with van der Waals surface area (Å²) >= 11 is 6.11. The lowest BCUT2D eigenvalue weighted by atomic mass is 10.1. The standard InChI is InChI=1S/C20H18ClFN4O2/c21-16-6-3-7-17(22)15(16)12-25-8-10-26(11-9-25)20(28)18-13-4-1-2-5-14(13)19(27)24-23-18/h1-7H,8-12H2,(H,24,27). The van der Waals surface area contributed by atoms with E-state index in [4.69, 9.17) is 11.6 Å². The van der Waals surface area contributed by atoms with E-state index in [0.29, 0.717) is 54.1 Å². The van der Waals surface area contributed by atoms with Crippen LogP contribution >= 0.6 is 11.6 Å². The van der Waals surface area contributed by atoms with Crippen molar-refractivity contribution in [3.8, 4) is 0 Å². The molecule has 0 spiro atoms. The summed E-state index contributed by atoms with van der Waals surface area (Å²) in [6.07, 6.45) is 0. The van der Waals surface area contributed by atoms with Crippen LogP contribution in [0.2, 0.25) is 5.02 Å². The van der Waals surface area contributed by atoms with E-state index in [1.165, 1.54) is 6.07 Å². The van der Waals surface area contributed by atoms with E-state index in [2.05, 4.69) is 15.1 Å². The number of halogens is 2. The van der Waals surface area contributed by atoms with E-state index < -0.39 is 0 Å². The van der Waals surface area contributed by atoms with Crippen LogP contribution in [-0.2, 0) is 6.54 Å². The number of piperazine rings is 1. The highest BCUT2D eigenvalue weighted by molar-refractivity contribution is 6.31. The van der Waals surface area contributed by atoms with Gasteiger partial charge in [-0.15, -0.1) is 0 Å². The molecule has 1 amide bonds. The molecule has 4 rings (SSSR count). The minimum atomic E-state index is -0.324. The molecule has 1 aliphatic rings. The van der Waals surface area contributed by atoms with Crippen molar-refractivity contribution in [2.75, 3.05) is 26.2 Å². The van der Waals surface area contributed by atoms with Gasteiger partial charge in [-0.2, -0.15) is 5.10 Å². The summed E-state index contributed by atoms with van der Waals surface area (Å²) in [5, 5.41) is 7.76. The van der Waals surface area contributed by atoms with Gasteiger partial charge in [-0.1, -0.05) is 35.9 Å². The molecule has 0 saturated carbocycles. The molecule has 0 atom stereocenters. The molecular formula is C20H18ClFN4O2. The zero-order chi connectivity index (χ0) is 19.7. The van der Waals surface area contributed by atoms with Crippen molar-refractivity contribution in [1.82, 2.24) is 20.0 Å². The number of carbonyl (C=O) groups excluding carboxylic acids is 1. The Labute approximate surface area is 165 Å². The number of H-pyrrole nitrogens is 1. The number of nitrogens with one attached hydrogen (secondary N) is 1. The maximum absolute atomic E-state index is 14.0. The van der Waals surface area contributed by atoms with Gasteiger partial charge < -0.3 is 4.90 Å². The first-order valence-corrected chi connectivity index (χ1v) is 9.34. The van der Waals surface area contributed by atoms with Gasteiger partial charge in [-0.3, -0.25) is 14.5 Å². The van der Waals surface area contributed by atoms with Gasteiger partial charge in [0.25, 0.3) is 11.5 Å². The molecule has 8 heteroatoms. The Balaban J connectivity index is 1.48. The van der Waals surface area contributed by atoms with E-state index in [1.54, 1.807) is 41.3 Å². The molecule has 1 saturated heterocycles. The normalized spacial score (nSPS) is 15.1. The highest BCUT2D eigenvalue weighted by atomic mass is 35.5. The van der Waals surface area contributed by atoms with Gasteiger partial charge in [-0.05, 0) is 18.2 Å². The molecule has 2 aromatic carbocycles. The van der Waals surface area contributed by atoms with Crippen LogP contribution in [0.1, 0.15) is 16.1 Å². The maximum atomic E-state index is 14.0. The van der Waals surface area contributed by atoms with Crippen molar-refractivity contribution in [1.29, 1.82) is 0 Å². The highest BCUT2D eigenvalue weighted by Crippen LogP contribution is 2.22. The van der Waals surface area contributed by atoms with Gasteiger partial charge in [0.2, 0.25) is 0 Å². The number of hydrogen-bond acceptors (Lipinski definition) is 4. The smallest absolute Gasteiger partial charge is 0.275 e. The fraction of sp³-hybridized carbons (Fsp3) is 0.250. The quantitative estimate of drug-likeness (QED) is 0.734. The zero-order valence-electron chi connectivity index (χ0n) is 15.0. The number of hydrogen-bond donors (Lipinski definition) is 1. The van der Waals surface area contributed by atoms with Crippen LogP contribution in [0.15, 0.2) is 47.3 Å². The first-order valence-electron chi connectivity index (χ1n) is 8.96. The molecule has 3 aromatic rings. The van der Waals surface area contributed by atoms with E-state index >= 15 is 0 Å². The summed E-state index contributed by atoms with van der Waals surface area (Å²) in [5.41, 5.74) is 0.386. The monoisotopic (exact) mass is 400 g/mol. The predicted molar refractivity (Wildman–Crippen MR) is 105 cm³/mol. The van der Waals surface area contributed by atoms with Gasteiger partial charge in [0, 0.05) is 48.7 Å². The minimum absolute atomic E-state index is 0.226. The second-order valence-corrected chi connectivity index (χ2v) is 7.12. The second-order valence-electron chi connectivity index (χ2n) is 6.72. The Morgan fingerprint density at radius 1 is 1.07 bits per heavy atom. The largest absolute Gasteiger partial charge is 0.335 e. The van der Waals surface area contributed by atoms with Gasteiger partial charge in [0.15, 0.2) is 5.69 Å². The van der Waals surface area contributed by atoms with Crippen molar-refractivity contribution >= 4 is 28.3 Å². The summed E-state index contributed by atoms with van der Waals surface area (Å²) < 4.78 is 14.0. The Morgan fingerprint density at radius 2 is 1.79 bits per heavy atom. The van der Waals surface area contributed by atoms with E-state index in [1.807, 2.05) is 0 Å². The molecule has 0 radical (unpaired) electrons. The van der Waals surface area contributed by atoms with Crippen molar-refractivity contribution in [3.05, 3.63) is 74.9 Å². The second kappa shape index (κ2) is 7.69. The van der Waals surface area contributed by atoms with E-state index in [-0.39, 0.29) is 23.0 Å². The summed E-state index contributed by atoms with van der Waals surface area (Å²) in [6, 6.07) is 11.6. The Morgan fingerprint density at radius 3 is 2.50 bits per heavy atom. The summed E-state index contributed by atoms with van der Waals surface area (Å²) in [5.74, 6) is -0.550. The number of carbonyl (C=O) groups is 1. The molecule has 0 unspecified atom stereocenters. The van der Waals surface area contributed by atoms with Crippen LogP contribution in [0.5, 0.6) is 0 Å². The lowest BCUT2D eigenvalue weighted by Crippen LogP contribution is -2.48. The third kappa shape index (κ3) is 3.50. The van der Waals surface area contributed by atoms with Crippen LogP contribution < -0.4 is 5.56 Å². The third-order valence-electron chi connectivity index (χ3n) is 5.00. The number of fused-ring (bicyclic) bond motifs is 1. The molecule has 1 N–H and O–H groups in total. The topological polar surface area (TPSA) is 69.3 Å². The molecule has 6 nitrogen and oxygen atoms in total. The number of rotatable bonds is 3. The molecule has 1 aromatic heterocycles. The van der Waals surface area contributed by atoms with Crippen LogP contribution in [0.25, 0.3) is 10.8 Å². The van der Waals surface area contributed by atoms with Gasteiger partial charge in [-0.25, -0.2) is 9.49 Å². The lowest BCUT2D eigenvalue weighted by Gasteiger charge is -2.34. The SMILES string of the molecule is O=C(c1n[nH]c(=O)c2ccccc12)N1CCN(Cc2c(F)cccc2Cl)CC1. The van der Waals surface area contributed by atoms with Gasteiger partial charge in [0.05, 0.1) is 5.39 Å². The molecule has 2 heterocycles. The zero-order valence-corrected chi connectivity index (χ0v) is 15.7. The van der Waals surface area contributed by atoms with Gasteiger partial charge in [0.1, 0.15) is 5.82 Å². The fourth-order valence-corrected chi connectivity index (χ4v) is 3.67. The Hall–Kier alpha value is -2.77. The molecule has 144 valence electrons. The predicted octanol–water partition coefficient (Wildman–Crippen LogP) is 2.67. The first-order chi connectivity index (χ1) is 13.5. The van der Waals surface area contributed by atoms with Crippen LogP contribution in [0.3, 0.4) is 0 Å². The molecule has 28 heavy (non-hydrogen) atoms. The van der Waals surface area contributed by atoms with Crippen LogP contribution in [-0.4, -0.2) is 52.1 Å². The van der Waals surface area contributed by atoms with E-state index in [0.717, 1.165) is 0 Å². The lowest BCUT2D eigenvalue weighted by molar-refractivity contribution is 0.0622. The summed E-state index contributed by atoms with van der Waals surface area (Å²) in [7, 11) is 0. The van der Waals surface area contributed by atoms with Crippen molar-refractivity contribution in [3.63, 3.8) is 0 Å². The molecule has 0 aliphatic carbocycles. The molecule has 1 aliphatic heterocycles. The molecule has 1 fully saturated rings. The Bertz CT molecular complexity index is 1070. The van der Waals surface area contributed by atoms with Crippen molar-refractivity contribution in [2.24, 2.45) is 0 Å². The summed E-state index contributed by atoms with van der Waals surface area (Å²) in [6.45, 7) is 2.56. The minimum Gasteiger partial charge on any atom is -0.335 e. The molecule has 0 bridgehead atoms. The number of benzene rings is 2. The fourth-order valence-electron chi connectivity index (χ4n) is 3.44. The summed E-state index contributed by atoms with van der Waals surface area (Å²) in [4.78, 5) is 28.6. The number of aromatic nitrogens is 2. The third-order valence-corrected chi connectivity index (χ3v) is 5.36. The van der Waals surface area contributed by atoms with E-state index in [9.17, 15) is 14.0 Å². The number of nitrogens with zero attached hydrogens (tertiary/aromatic N) is 3.